The van der Waals surface area contributed by atoms with E-state index in [0.29, 0.717) is 30.1 Å². The van der Waals surface area contributed by atoms with Crippen LogP contribution in [-0.4, -0.2) is 11.9 Å². The van der Waals surface area contributed by atoms with Crippen LogP contribution in [0.4, 0.5) is 4.39 Å². The van der Waals surface area contributed by atoms with Crippen LogP contribution in [0.3, 0.4) is 0 Å². The summed E-state index contributed by atoms with van der Waals surface area (Å²) in [6, 6.07) is 0. The monoisotopic (exact) mass is 315 g/mol. The van der Waals surface area contributed by atoms with Gasteiger partial charge in [-0.05, 0) is 84.7 Å². The maximum Gasteiger partial charge on any atom is 0.122 e. The minimum Gasteiger partial charge on any atom is -0.305 e. The van der Waals surface area contributed by atoms with Crippen LogP contribution in [0.1, 0.15) is 59.3 Å². The molecule has 5 unspecified atom stereocenters. The Bertz CT molecular complexity index is 605. The first kappa shape index (κ1) is 15.6. The summed E-state index contributed by atoms with van der Waals surface area (Å²) in [5, 5.41) is 8.08. The third-order valence-electron chi connectivity index (χ3n) is 8.28. The number of hydrogen-bond acceptors (Lipinski definition) is 1. The molecule has 7 atom stereocenters. The molecule has 0 heterocycles. The lowest BCUT2D eigenvalue weighted by molar-refractivity contribution is -0.0357. The van der Waals surface area contributed by atoms with E-state index in [4.69, 9.17) is 5.41 Å². The molecular weight excluding hydrogens is 285 g/mol. The van der Waals surface area contributed by atoms with Gasteiger partial charge in [0, 0.05) is 5.71 Å². The third-order valence-corrected chi connectivity index (χ3v) is 8.28. The molecular formula is C21H30FN. The molecule has 3 fully saturated rings. The molecule has 23 heavy (non-hydrogen) atoms. The zero-order valence-corrected chi connectivity index (χ0v) is 14.8. The normalized spacial score (nSPS) is 52.5. The zero-order valence-electron chi connectivity index (χ0n) is 14.8. The molecule has 4 rings (SSSR count). The molecule has 1 nitrogen and oxygen atoms in total. The summed E-state index contributed by atoms with van der Waals surface area (Å²) in [6.45, 7) is 11.2. The highest BCUT2D eigenvalue weighted by Gasteiger charge is 2.60. The molecule has 0 spiro atoms. The van der Waals surface area contributed by atoms with Crippen molar-refractivity contribution in [2.24, 2.45) is 34.5 Å². The van der Waals surface area contributed by atoms with E-state index in [0.717, 1.165) is 30.5 Å². The van der Waals surface area contributed by atoms with E-state index >= 15 is 0 Å². The first-order chi connectivity index (χ1) is 10.8. The zero-order chi connectivity index (χ0) is 16.6. The summed E-state index contributed by atoms with van der Waals surface area (Å²) in [6.07, 6.45) is 7.62. The number of rotatable bonds is 0. The number of alkyl halides is 1. The fourth-order valence-corrected chi connectivity index (χ4v) is 6.89. The second-order valence-electron chi connectivity index (χ2n) is 9.24. The maximum absolute atomic E-state index is 14.5. The van der Waals surface area contributed by atoms with Crippen LogP contribution in [0.5, 0.6) is 0 Å². The number of fused-ring (bicyclic) bond motifs is 5. The van der Waals surface area contributed by atoms with Gasteiger partial charge >= 0.3 is 0 Å². The van der Waals surface area contributed by atoms with Crippen molar-refractivity contribution in [1.82, 2.24) is 0 Å². The molecule has 0 aromatic heterocycles. The van der Waals surface area contributed by atoms with Gasteiger partial charge in [-0.25, -0.2) is 4.39 Å². The van der Waals surface area contributed by atoms with Crippen LogP contribution in [0.25, 0.3) is 0 Å². The molecule has 0 aromatic rings. The molecule has 0 aliphatic heterocycles. The van der Waals surface area contributed by atoms with Crippen molar-refractivity contribution in [2.75, 3.05) is 0 Å². The average molecular weight is 315 g/mol. The molecule has 4 aliphatic carbocycles. The summed E-state index contributed by atoms with van der Waals surface area (Å²) >= 11 is 0. The van der Waals surface area contributed by atoms with Crippen LogP contribution in [-0.2, 0) is 0 Å². The molecule has 0 bridgehead atoms. The second-order valence-corrected chi connectivity index (χ2v) is 9.24. The number of nitrogens with one attached hydrogen (secondary N) is 1. The Kier molecular flexibility index (Phi) is 3.26. The van der Waals surface area contributed by atoms with Gasteiger partial charge in [-0.3, -0.25) is 0 Å². The van der Waals surface area contributed by atoms with Crippen LogP contribution < -0.4 is 0 Å². The van der Waals surface area contributed by atoms with Crippen molar-refractivity contribution in [1.29, 1.82) is 5.41 Å². The summed E-state index contributed by atoms with van der Waals surface area (Å²) in [5.74, 6) is 2.33. The van der Waals surface area contributed by atoms with Gasteiger partial charge in [-0.2, -0.15) is 0 Å². The van der Waals surface area contributed by atoms with Gasteiger partial charge in [0.1, 0.15) is 6.17 Å². The maximum atomic E-state index is 14.5. The molecule has 0 radical (unpaired) electrons. The smallest absolute Gasteiger partial charge is 0.122 e. The van der Waals surface area contributed by atoms with E-state index in [1.807, 2.05) is 0 Å². The van der Waals surface area contributed by atoms with Gasteiger partial charge in [-0.1, -0.05) is 32.9 Å². The fraction of sp³-hybridized carbons (Fsp3) is 0.762. The van der Waals surface area contributed by atoms with Crippen molar-refractivity contribution in [2.45, 2.75) is 65.5 Å². The van der Waals surface area contributed by atoms with Crippen molar-refractivity contribution < 1.29 is 4.39 Å². The van der Waals surface area contributed by atoms with Crippen molar-refractivity contribution >= 4 is 5.71 Å². The molecule has 126 valence electrons. The fourth-order valence-electron chi connectivity index (χ4n) is 6.89. The van der Waals surface area contributed by atoms with Crippen LogP contribution >= 0.6 is 0 Å². The van der Waals surface area contributed by atoms with E-state index in [1.165, 1.54) is 18.4 Å². The summed E-state index contributed by atoms with van der Waals surface area (Å²) in [5.41, 5.74) is 3.47. The standard InChI is InChI=1S/C21H30FN/c1-12-9-15-16(21(4)7-5-14(23)10-17(12)21)6-8-20(3)13(2)19(22)11-18(15)20/h10,12,15-16,18-19,23H,2,5-9,11H2,1,3-4H3/t12?,15?,16?,18?,19?,20-,21-/m1/s1. The average Bonchev–Trinajstić information content (AvgIpc) is 2.73. The van der Waals surface area contributed by atoms with Gasteiger partial charge in [0.2, 0.25) is 0 Å². The van der Waals surface area contributed by atoms with Crippen molar-refractivity contribution in [3.8, 4) is 0 Å². The molecule has 0 saturated heterocycles. The summed E-state index contributed by atoms with van der Waals surface area (Å²) < 4.78 is 14.5. The van der Waals surface area contributed by atoms with E-state index in [1.54, 1.807) is 0 Å². The highest BCUT2D eigenvalue weighted by molar-refractivity contribution is 5.94. The topological polar surface area (TPSA) is 23.9 Å². The lowest BCUT2D eigenvalue weighted by Gasteiger charge is -2.59. The van der Waals surface area contributed by atoms with Crippen LogP contribution in [0, 0.1) is 39.9 Å². The molecule has 4 aliphatic rings. The van der Waals surface area contributed by atoms with E-state index in [9.17, 15) is 4.39 Å². The Hall–Kier alpha value is -0.920. The Morgan fingerprint density at radius 3 is 2.65 bits per heavy atom. The Morgan fingerprint density at radius 2 is 1.91 bits per heavy atom. The number of allylic oxidation sites excluding steroid dienone is 3. The molecule has 0 aromatic carbocycles. The largest absolute Gasteiger partial charge is 0.305 e. The second kappa shape index (κ2) is 4.80. The van der Waals surface area contributed by atoms with Gasteiger partial charge < -0.3 is 5.41 Å². The lowest BCUT2D eigenvalue weighted by Crippen LogP contribution is -2.51. The first-order valence-corrected chi connectivity index (χ1v) is 9.40. The number of hydrogen-bond donors (Lipinski definition) is 1. The van der Waals surface area contributed by atoms with Gasteiger partial charge in [-0.15, -0.1) is 0 Å². The van der Waals surface area contributed by atoms with E-state index in [2.05, 4.69) is 33.4 Å². The Balaban J connectivity index is 1.74. The highest BCUT2D eigenvalue weighted by Crippen LogP contribution is 2.67. The predicted octanol–water partition coefficient (Wildman–Crippen LogP) is 5.72. The molecule has 1 N–H and O–H groups in total. The minimum absolute atomic E-state index is 0.0270. The lowest BCUT2D eigenvalue weighted by atomic mass is 9.45. The summed E-state index contributed by atoms with van der Waals surface area (Å²) in [7, 11) is 0. The van der Waals surface area contributed by atoms with Gasteiger partial charge in [0.15, 0.2) is 0 Å². The molecule has 0 amide bonds. The highest BCUT2D eigenvalue weighted by atomic mass is 19.1. The first-order valence-electron chi connectivity index (χ1n) is 9.40. The van der Waals surface area contributed by atoms with Crippen molar-refractivity contribution in [3.05, 3.63) is 23.8 Å². The van der Waals surface area contributed by atoms with Crippen LogP contribution in [0.2, 0.25) is 0 Å². The third kappa shape index (κ3) is 1.93. The Morgan fingerprint density at radius 1 is 1.17 bits per heavy atom. The molecule has 3 saturated carbocycles. The van der Waals surface area contributed by atoms with Gasteiger partial charge in [0.05, 0.1) is 0 Å². The van der Waals surface area contributed by atoms with E-state index in [-0.39, 0.29) is 10.8 Å². The quantitative estimate of drug-likeness (QED) is 0.553. The minimum atomic E-state index is -0.789. The predicted molar refractivity (Wildman–Crippen MR) is 93.4 cm³/mol. The van der Waals surface area contributed by atoms with Crippen LogP contribution in [0.15, 0.2) is 23.8 Å². The Labute approximate surface area is 139 Å². The van der Waals surface area contributed by atoms with Gasteiger partial charge in [0.25, 0.3) is 0 Å². The molecule has 2 heteroatoms. The SMILES string of the molecule is C=C1C(F)CC2C3CC(C)C4=CC(=N)CC[C@]4(C)C3CC[C@]12C. The van der Waals surface area contributed by atoms with E-state index < -0.39 is 6.17 Å². The number of halogens is 1. The summed E-state index contributed by atoms with van der Waals surface area (Å²) in [4.78, 5) is 0. The van der Waals surface area contributed by atoms with Crippen molar-refractivity contribution in [3.63, 3.8) is 0 Å².